The highest BCUT2D eigenvalue weighted by atomic mass is 79.9. The van der Waals surface area contributed by atoms with Crippen LogP contribution in [0.15, 0.2) is 29.2 Å². The van der Waals surface area contributed by atoms with E-state index in [9.17, 15) is 12.8 Å². The van der Waals surface area contributed by atoms with Crippen LogP contribution < -0.4 is 4.72 Å². The normalized spacial score (nSPS) is 12.8. The number of hydrogen-bond donors (Lipinski definition) is 1. The topological polar surface area (TPSA) is 46.2 Å². The highest BCUT2D eigenvalue weighted by Gasteiger charge is 2.24. The third kappa shape index (κ3) is 3.54. The molecule has 0 aliphatic heterocycles. The van der Waals surface area contributed by atoms with Gasteiger partial charge in [0.05, 0.1) is 4.90 Å². The van der Waals surface area contributed by atoms with E-state index in [1.807, 2.05) is 0 Å². The molecule has 90 valence electrons. The summed E-state index contributed by atoms with van der Waals surface area (Å²) in [6.45, 7) is 3.51. The Balaban J connectivity index is 2.99. The molecule has 0 amide bonds. The van der Waals surface area contributed by atoms with E-state index in [0.717, 1.165) is 12.1 Å². The molecule has 0 saturated heterocycles. The lowest BCUT2D eigenvalue weighted by Crippen LogP contribution is -2.44. The third-order valence-corrected chi connectivity index (χ3v) is 4.98. The van der Waals surface area contributed by atoms with Crippen molar-refractivity contribution < 1.29 is 12.8 Å². The van der Waals surface area contributed by atoms with Gasteiger partial charge in [-0.2, -0.15) is 0 Å². The molecule has 1 N–H and O–H groups in total. The Hall–Kier alpha value is -0.460. The van der Waals surface area contributed by atoms with Gasteiger partial charge >= 0.3 is 0 Å². The lowest BCUT2D eigenvalue weighted by atomic mass is 10.1. The molecule has 0 aliphatic rings. The minimum atomic E-state index is -3.59. The second-order valence-electron chi connectivity index (χ2n) is 4.08. The maximum Gasteiger partial charge on any atom is 0.241 e. The molecule has 3 nitrogen and oxygen atoms in total. The summed E-state index contributed by atoms with van der Waals surface area (Å²) in [5.74, 6) is -0.460. The fourth-order valence-electron chi connectivity index (χ4n) is 1.06. The van der Waals surface area contributed by atoms with Crippen LogP contribution in [-0.2, 0) is 10.0 Å². The summed E-state index contributed by atoms with van der Waals surface area (Å²) in [5.41, 5.74) is -0.590. The van der Waals surface area contributed by atoms with Crippen molar-refractivity contribution in [3.63, 3.8) is 0 Å². The number of rotatable bonds is 4. The molecule has 16 heavy (non-hydrogen) atoms. The van der Waals surface area contributed by atoms with Crippen molar-refractivity contribution in [3.8, 4) is 0 Å². The van der Waals surface area contributed by atoms with Gasteiger partial charge in [0.15, 0.2) is 0 Å². The highest BCUT2D eigenvalue weighted by molar-refractivity contribution is 9.09. The van der Waals surface area contributed by atoms with Crippen molar-refractivity contribution in [2.45, 2.75) is 24.3 Å². The van der Waals surface area contributed by atoms with Crippen molar-refractivity contribution in [1.82, 2.24) is 4.72 Å². The first-order valence-electron chi connectivity index (χ1n) is 4.62. The zero-order valence-corrected chi connectivity index (χ0v) is 11.4. The van der Waals surface area contributed by atoms with E-state index in [1.54, 1.807) is 13.8 Å². The summed E-state index contributed by atoms with van der Waals surface area (Å²) in [4.78, 5) is 0.0583. The zero-order chi connectivity index (χ0) is 12.4. The van der Waals surface area contributed by atoms with Gasteiger partial charge < -0.3 is 0 Å². The summed E-state index contributed by atoms with van der Waals surface area (Å²) in [6.07, 6.45) is 0. The monoisotopic (exact) mass is 309 g/mol. The molecule has 6 heteroatoms. The van der Waals surface area contributed by atoms with Crippen molar-refractivity contribution in [1.29, 1.82) is 0 Å². The SMILES string of the molecule is CC(C)(CBr)NS(=O)(=O)c1ccc(F)cc1. The minimum Gasteiger partial charge on any atom is -0.207 e. The molecule has 0 aromatic heterocycles. The van der Waals surface area contributed by atoms with E-state index >= 15 is 0 Å². The summed E-state index contributed by atoms with van der Waals surface area (Å²) < 4.78 is 38.9. The molecule has 0 unspecified atom stereocenters. The van der Waals surface area contributed by atoms with E-state index in [-0.39, 0.29) is 4.90 Å². The molecule has 1 aromatic carbocycles. The van der Waals surface area contributed by atoms with Gasteiger partial charge in [-0.15, -0.1) is 0 Å². The van der Waals surface area contributed by atoms with Crippen LogP contribution in [0.2, 0.25) is 0 Å². The van der Waals surface area contributed by atoms with Gasteiger partial charge in [-0.3, -0.25) is 0 Å². The van der Waals surface area contributed by atoms with Crippen LogP contribution in [0.1, 0.15) is 13.8 Å². The summed E-state index contributed by atoms with van der Waals surface area (Å²) in [7, 11) is -3.59. The Morgan fingerprint density at radius 1 is 1.31 bits per heavy atom. The van der Waals surface area contributed by atoms with Gasteiger partial charge in [0.1, 0.15) is 5.82 Å². The van der Waals surface area contributed by atoms with Crippen LogP contribution in [0.5, 0.6) is 0 Å². The predicted octanol–water partition coefficient (Wildman–Crippen LogP) is 2.28. The highest BCUT2D eigenvalue weighted by Crippen LogP contribution is 2.15. The molecule has 0 spiro atoms. The van der Waals surface area contributed by atoms with Gasteiger partial charge in [0, 0.05) is 10.9 Å². The van der Waals surface area contributed by atoms with Crippen LogP contribution in [-0.4, -0.2) is 19.3 Å². The maximum absolute atomic E-state index is 12.7. The summed E-state index contributed by atoms with van der Waals surface area (Å²) in [5, 5.41) is 0.487. The fourth-order valence-corrected chi connectivity index (χ4v) is 2.80. The number of benzene rings is 1. The summed E-state index contributed by atoms with van der Waals surface area (Å²) >= 11 is 3.22. The molecule has 0 aliphatic carbocycles. The lowest BCUT2D eigenvalue weighted by Gasteiger charge is -2.23. The molecule has 1 aromatic rings. The molecule has 0 fully saturated rings. The van der Waals surface area contributed by atoms with Gasteiger partial charge in [0.2, 0.25) is 10.0 Å². The van der Waals surface area contributed by atoms with Crippen LogP contribution in [0.4, 0.5) is 4.39 Å². The third-order valence-electron chi connectivity index (χ3n) is 1.87. The second-order valence-corrected chi connectivity index (χ2v) is 6.32. The number of nitrogens with one attached hydrogen (secondary N) is 1. The lowest BCUT2D eigenvalue weighted by molar-refractivity contribution is 0.500. The van der Waals surface area contributed by atoms with E-state index in [0.29, 0.717) is 5.33 Å². The Bertz CT molecular complexity index is 456. The van der Waals surface area contributed by atoms with Crippen molar-refractivity contribution >= 4 is 26.0 Å². The van der Waals surface area contributed by atoms with Gasteiger partial charge in [0.25, 0.3) is 0 Å². The molecule has 0 bridgehead atoms. The Kier molecular flexibility index (Phi) is 4.09. The Morgan fingerprint density at radius 3 is 2.25 bits per heavy atom. The van der Waals surface area contributed by atoms with Crippen molar-refractivity contribution in [3.05, 3.63) is 30.1 Å². The Labute approximate surface area is 103 Å². The number of halogens is 2. The molecule has 0 heterocycles. The first-order chi connectivity index (χ1) is 7.27. The summed E-state index contributed by atoms with van der Waals surface area (Å²) in [6, 6.07) is 4.72. The van der Waals surface area contributed by atoms with Crippen molar-refractivity contribution in [2.75, 3.05) is 5.33 Å². The smallest absolute Gasteiger partial charge is 0.207 e. The Morgan fingerprint density at radius 2 is 1.81 bits per heavy atom. The first kappa shape index (κ1) is 13.6. The number of sulfonamides is 1. The van der Waals surface area contributed by atoms with E-state index < -0.39 is 21.4 Å². The average Bonchev–Trinajstić information content (AvgIpc) is 2.17. The van der Waals surface area contributed by atoms with E-state index in [4.69, 9.17) is 0 Å². The van der Waals surface area contributed by atoms with Gasteiger partial charge in [-0.05, 0) is 38.1 Å². The molecule has 0 saturated carbocycles. The molecular formula is C10H13BrFNO2S. The second kappa shape index (κ2) is 4.81. The van der Waals surface area contributed by atoms with E-state index in [1.165, 1.54) is 12.1 Å². The largest absolute Gasteiger partial charge is 0.241 e. The van der Waals surface area contributed by atoms with Crippen LogP contribution >= 0.6 is 15.9 Å². The van der Waals surface area contributed by atoms with Gasteiger partial charge in [-0.1, -0.05) is 15.9 Å². The standard InChI is InChI=1S/C10H13BrFNO2S/c1-10(2,7-11)13-16(14,15)9-5-3-8(12)4-6-9/h3-6,13H,7H2,1-2H3. The van der Waals surface area contributed by atoms with E-state index in [2.05, 4.69) is 20.7 Å². The van der Waals surface area contributed by atoms with Crippen LogP contribution in [0.25, 0.3) is 0 Å². The molecule has 1 rings (SSSR count). The maximum atomic E-state index is 12.7. The number of hydrogen-bond acceptors (Lipinski definition) is 2. The molecule has 0 atom stereocenters. The minimum absolute atomic E-state index is 0.0583. The fraction of sp³-hybridized carbons (Fsp3) is 0.400. The van der Waals surface area contributed by atoms with Gasteiger partial charge in [-0.25, -0.2) is 17.5 Å². The first-order valence-corrected chi connectivity index (χ1v) is 7.23. The molecule has 0 radical (unpaired) electrons. The number of alkyl halides is 1. The molecular weight excluding hydrogens is 297 g/mol. The average molecular weight is 310 g/mol. The van der Waals surface area contributed by atoms with Crippen LogP contribution in [0, 0.1) is 5.82 Å². The zero-order valence-electron chi connectivity index (χ0n) is 9.00. The quantitative estimate of drug-likeness (QED) is 0.867. The van der Waals surface area contributed by atoms with Crippen molar-refractivity contribution in [2.24, 2.45) is 0 Å². The predicted molar refractivity (Wildman–Crippen MR) is 64.6 cm³/mol. The van der Waals surface area contributed by atoms with Crippen LogP contribution in [0.3, 0.4) is 0 Å².